The Hall–Kier alpha value is -4.37. The number of hydrogen-bond donors (Lipinski definition) is 0. The van der Waals surface area contributed by atoms with Crippen LogP contribution in [0.2, 0.25) is 0 Å². The Kier molecular flexibility index (Phi) is 7.05. The van der Waals surface area contributed by atoms with E-state index >= 15 is 0 Å². The Morgan fingerprint density at radius 2 is 1.55 bits per heavy atom. The van der Waals surface area contributed by atoms with Crippen LogP contribution in [0.25, 0.3) is 55.6 Å². The first-order valence-electron chi connectivity index (χ1n) is 27.4. The zero-order valence-corrected chi connectivity index (χ0v) is 34.5. The van der Waals surface area contributed by atoms with Crippen LogP contribution in [0, 0.1) is 57.2 Å². The first-order chi connectivity index (χ1) is 33.3. The summed E-state index contributed by atoms with van der Waals surface area (Å²) in [7, 11) is 0. The maximum Gasteiger partial charge on any atom is 0.123 e. The fourth-order valence-corrected chi connectivity index (χ4v) is 7.01. The molecule has 1 saturated carbocycles. The zero-order chi connectivity index (χ0) is 54.3. The standard InChI is InChI=1S/C35H36NO.C17H20N.Ir/c1-21-16-23(3)33-31(17-21)28-8-7-9-29(34(28)37-33)32-19-30(24(4)20-36-32)27-11-10-26(18-22(27)2)25-12-14-35(5,6)15-13-25;1-13-5-8-15(9-6-13)16-10-7-14(12-18-16)11-17(2,3)4;/h7-8,10-11,16-20,25H,12-15H2,1-6H3;5-8,10,12H,11H2,1-4H3;/q2*-1;/i1D3,2D3,3D3,4D3,25D;1D3,11D2;. The van der Waals surface area contributed by atoms with Crippen LogP contribution in [0.3, 0.4) is 0 Å². The summed E-state index contributed by atoms with van der Waals surface area (Å²) in [4.78, 5) is 8.74. The minimum Gasteiger partial charge on any atom is -0.500 e. The number of benzene rings is 4. The van der Waals surface area contributed by atoms with Crippen LogP contribution in [0.5, 0.6) is 0 Å². The van der Waals surface area contributed by atoms with Crippen LogP contribution in [0.4, 0.5) is 0 Å². The van der Waals surface area contributed by atoms with E-state index < -0.39 is 51.9 Å². The van der Waals surface area contributed by atoms with Gasteiger partial charge in [0.15, 0.2) is 0 Å². The van der Waals surface area contributed by atoms with Gasteiger partial charge in [-0.2, -0.15) is 0 Å². The van der Waals surface area contributed by atoms with E-state index in [-0.39, 0.29) is 92.3 Å². The largest absolute Gasteiger partial charge is 0.500 e. The Bertz CT molecular complexity index is 3150. The van der Waals surface area contributed by atoms with Gasteiger partial charge in [0.1, 0.15) is 5.58 Å². The molecule has 56 heavy (non-hydrogen) atoms. The summed E-state index contributed by atoms with van der Waals surface area (Å²) in [5.74, 6) is -0.983. The summed E-state index contributed by atoms with van der Waals surface area (Å²) in [5, 5.41) is 0.669. The van der Waals surface area contributed by atoms with Gasteiger partial charge < -0.3 is 14.4 Å². The third kappa shape index (κ3) is 9.25. The van der Waals surface area contributed by atoms with Gasteiger partial charge in [-0.1, -0.05) is 100 Å². The second-order valence-corrected chi connectivity index (χ2v) is 16.0. The molecule has 3 aromatic heterocycles. The van der Waals surface area contributed by atoms with Gasteiger partial charge in [0.05, 0.1) is 5.58 Å². The number of pyridine rings is 2. The van der Waals surface area contributed by atoms with Crippen molar-refractivity contribution >= 4 is 21.9 Å². The summed E-state index contributed by atoms with van der Waals surface area (Å²) in [6.45, 7) is -2.90. The summed E-state index contributed by atoms with van der Waals surface area (Å²) >= 11 is 0. The second kappa shape index (κ2) is 16.6. The Morgan fingerprint density at radius 1 is 0.768 bits per heavy atom. The van der Waals surface area contributed by atoms with Gasteiger partial charge in [-0.05, 0) is 133 Å². The van der Waals surface area contributed by atoms with Crippen molar-refractivity contribution < 1.29 is 49.2 Å². The fraction of sp³-hybridized carbons (Fsp3) is 0.346. The van der Waals surface area contributed by atoms with Crippen LogP contribution >= 0.6 is 0 Å². The first kappa shape index (κ1) is 23.8. The van der Waals surface area contributed by atoms with E-state index in [1.807, 2.05) is 20.8 Å². The van der Waals surface area contributed by atoms with Crippen molar-refractivity contribution in [3.63, 3.8) is 0 Å². The smallest absolute Gasteiger partial charge is 0.123 e. The molecular weight excluding hydrogens is 861 g/mol. The normalized spacial score (nSPS) is 21.0. The number of aromatic nitrogens is 2. The van der Waals surface area contributed by atoms with E-state index in [1.165, 1.54) is 36.7 Å². The number of hydrogen-bond acceptors (Lipinski definition) is 3. The molecule has 1 aliphatic carbocycles. The van der Waals surface area contributed by atoms with E-state index in [4.69, 9.17) is 27.7 Å². The Morgan fingerprint density at radius 3 is 2.23 bits per heavy atom. The number of aryl methyl sites for hydroxylation is 5. The van der Waals surface area contributed by atoms with Gasteiger partial charge in [0, 0.05) is 62.6 Å². The van der Waals surface area contributed by atoms with Crippen molar-refractivity contribution in [2.75, 3.05) is 0 Å². The molecule has 3 nitrogen and oxygen atoms in total. The molecule has 291 valence electrons. The fourth-order valence-electron chi connectivity index (χ4n) is 7.01. The Labute approximate surface area is 374 Å². The summed E-state index contributed by atoms with van der Waals surface area (Å²) in [6.07, 6.45) is 3.96. The van der Waals surface area contributed by atoms with Crippen molar-refractivity contribution in [2.45, 2.75) is 107 Å². The molecule has 0 atom stereocenters. The SMILES string of the molecule is [2H]C([2H])([2H])c1c[c-]c(-c2ccc(C([2H])([2H])C(C)(C)C)cn2)cc1.[2H]C([2H])([2H])c1cc(C([2H])([2H])[2H])c2oc3c(-c4cc(-c5ccc(C6([2H])CCC(C)(C)CC6)cc5C([2H])([2H])[2H])c(C([2H])([2H])[2H])cn4)[c-]ccc3c2c1.[Ir]. The minimum atomic E-state index is -2.70. The van der Waals surface area contributed by atoms with Gasteiger partial charge in [0.2, 0.25) is 0 Å². The molecule has 0 bridgehead atoms. The number of furan rings is 1. The van der Waals surface area contributed by atoms with E-state index in [0.29, 0.717) is 40.6 Å². The van der Waals surface area contributed by atoms with Gasteiger partial charge >= 0.3 is 0 Å². The molecule has 0 N–H and O–H groups in total. The molecule has 1 fully saturated rings. The van der Waals surface area contributed by atoms with Crippen molar-refractivity contribution in [3.05, 3.63) is 142 Å². The molecule has 4 heteroatoms. The molecule has 1 aliphatic rings. The molecule has 4 aromatic carbocycles. The van der Waals surface area contributed by atoms with Crippen molar-refractivity contribution in [3.8, 4) is 33.6 Å². The predicted octanol–water partition coefficient (Wildman–Crippen LogP) is 14.5. The van der Waals surface area contributed by atoms with Crippen LogP contribution in [-0.4, -0.2) is 9.97 Å². The molecule has 0 spiro atoms. The van der Waals surface area contributed by atoms with Gasteiger partial charge in [0.25, 0.3) is 0 Å². The van der Waals surface area contributed by atoms with Crippen molar-refractivity contribution in [1.29, 1.82) is 0 Å². The second-order valence-electron chi connectivity index (χ2n) is 16.0. The third-order valence-electron chi connectivity index (χ3n) is 9.99. The van der Waals surface area contributed by atoms with Crippen LogP contribution in [0.1, 0.15) is 130 Å². The summed E-state index contributed by atoms with van der Waals surface area (Å²) in [5.41, 5.74) is 2.30. The van der Waals surface area contributed by atoms with Crippen LogP contribution in [-0.2, 0) is 26.5 Å². The van der Waals surface area contributed by atoms with Crippen molar-refractivity contribution in [2.24, 2.45) is 10.8 Å². The average Bonchev–Trinajstić information content (AvgIpc) is 3.67. The Balaban J connectivity index is 0.000000312. The number of rotatable bonds is 5. The topological polar surface area (TPSA) is 38.9 Å². The summed E-state index contributed by atoms with van der Waals surface area (Å²) < 4.78 is 152. The zero-order valence-electron chi connectivity index (χ0n) is 50.1. The van der Waals surface area contributed by atoms with Gasteiger partial charge in [-0.15, -0.1) is 53.6 Å². The first-order valence-corrected chi connectivity index (χ1v) is 18.4. The van der Waals surface area contributed by atoms with E-state index in [9.17, 15) is 1.37 Å². The molecule has 8 rings (SSSR count). The molecule has 3 heterocycles. The molecule has 0 amide bonds. The van der Waals surface area contributed by atoms with E-state index in [1.54, 1.807) is 48.5 Å². The minimum absolute atomic E-state index is 0. The molecule has 0 aliphatic heterocycles. The molecule has 0 unspecified atom stereocenters. The monoisotopic (exact) mass is 936 g/mol. The molecular formula is C52H56IrN2O-2. The quantitative estimate of drug-likeness (QED) is 0.161. The maximum absolute atomic E-state index is 9.26. The van der Waals surface area contributed by atoms with Crippen molar-refractivity contribution in [1.82, 2.24) is 9.97 Å². The van der Waals surface area contributed by atoms with E-state index in [0.717, 1.165) is 18.9 Å². The summed E-state index contributed by atoms with van der Waals surface area (Å²) in [6, 6.07) is 26.0. The van der Waals surface area contributed by atoms with Crippen LogP contribution < -0.4 is 0 Å². The average molecular weight is 935 g/mol. The van der Waals surface area contributed by atoms with Crippen LogP contribution in [0.15, 0.2) is 95.7 Å². The molecule has 1 radical (unpaired) electrons. The predicted molar refractivity (Wildman–Crippen MR) is 232 cm³/mol. The number of nitrogens with zero attached hydrogens (tertiary/aromatic N) is 2. The van der Waals surface area contributed by atoms with Gasteiger partial charge in [-0.3, -0.25) is 0 Å². The molecule has 0 saturated heterocycles. The number of fused-ring (bicyclic) bond motifs is 3. The maximum atomic E-state index is 9.26. The molecule has 7 aromatic rings. The van der Waals surface area contributed by atoms with E-state index in [2.05, 4.69) is 35.9 Å². The van der Waals surface area contributed by atoms with Gasteiger partial charge in [-0.25, -0.2) is 0 Å². The third-order valence-corrected chi connectivity index (χ3v) is 9.99.